The van der Waals surface area contributed by atoms with Crippen molar-refractivity contribution >= 4 is 16.8 Å². The van der Waals surface area contributed by atoms with Gasteiger partial charge in [0.25, 0.3) is 5.24 Å². The van der Waals surface area contributed by atoms with E-state index in [-0.39, 0.29) is 16.7 Å². The number of carbonyl (C=O) groups is 1. The Morgan fingerprint density at radius 2 is 1.67 bits per heavy atom. The molecule has 0 unspecified atom stereocenters. The third-order valence-electron chi connectivity index (χ3n) is 2.60. The maximum atomic E-state index is 13.8. The molecule has 110 valence electrons. The highest BCUT2D eigenvalue weighted by atomic mass is 35.5. The summed E-state index contributed by atoms with van der Waals surface area (Å²) in [6.07, 6.45) is -4.81. The Kier molecular flexibility index (Phi) is 4.18. The SMILES string of the molecule is O=C(Cl)c1cccc(F)c1-c1ccc(OC(F)(F)F)cc1. The van der Waals surface area contributed by atoms with Crippen molar-refractivity contribution in [2.24, 2.45) is 0 Å². The quantitative estimate of drug-likeness (QED) is 0.602. The van der Waals surface area contributed by atoms with Crippen molar-refractivity contribution in [1.29, 1.82) is 0 Å². The van der Waals surface area contributed by atoms with Crippen LogP contribution in [0.5, 0.6) is 5.75 Å². The second-order valence-corrected chi connectivity index (χ2v) is 4.35. The fourth-order valence-corrected chi connectivity index (χ4v) is 1.96. The van der Waals surface area contributed by atoms with Crippen LogP contribution in [-0.2, 0) is 0 Å². The Bertz CT molecular complexity index is 666. The minimum absolute atomic E-state index is 0.0684. The predicted molar refractivity (Wildman–Crippen MR) is 68.7 cm³/mol. The van der Waals surface area contributed by atoms with Crippen LogP contribution in [-0.4, -0.2) is 11.6 Å². The van der Waals surface area contributed by atoms with Gasteiger partial charge in [-0.05, 0) is 41.4 Å². The Balaban J connectivity index is 2.42. The second kappa shape index (κ2) is 5.73. The molecule has 0 fully saturated rings. The molecule has 0 saturated heterocycles. The minimum Gasteiger partial charge on any atom is -0.406 e. The predicted octanol–water partition coefficient (Wildman–Crippen LogP) is 4.77. The first-order valence-electron chi connectivity index (χ1n) is 5.62. The maximum absolute atomic E-state index is 13.8. The summed E-state index contributed by atoms with van der Waals surface area (Å²) in [7, 11) is 0. The van der Waals surface area contributed by atoms with E-state index < -0.39 is 23.2 Å². The number of hydrogen-bond donors (Lipinski definition) is 0. The van der Waals surface area contributed by atoms with Gasteiger partial charge in [0.2, 0.25) is 0 Å². The average molecular weight is 319 g/mol. The summed E-state index contributed by atoms with van der Waals surface area (Å²) in [4.78, 5) is 11.3. The van der Waals surface area contributed by atoms with Crippen molar-refractivity contribution in [3.8, 4) is 16.9 Å². The Morgan fingerprint density at radius 1 is 1.05 bits per heavy atom. The number of carbonyl (C=O) groups excluding carboxylic acids is 1. The standard InChI is InChI=1S/C14H7ClF4O2/c15-13(20)10-2-1-3-11(16)12(10)8-4-6-9(7-5-8)21-14(17,18)19/h1-7H. The van der Waals surface area contributed by atoms with Crippen molar-refractivity contribution in [3.05, 3.63) is 53.8 Å². The van der Waals surface area contributed by atoms with Crippen LogP contribution in [0.25, 0.3) is 11.1 Å². The monoisotopic (exact) mass is 318 g/mol. The highest BCUT2D eigenvalue weighted by Gasteiger charge is 2.31. The lowest BCUT2D eigenvalue weighted by molar-refractivity contribution is -0.274. The van der Waals surface area contributed by atoms with Crippen LogP contribution in [0.15, 0.2) is 42.5 Å². The van der Waals surface area contributed by atoms with Crippen molar-refractivity contribution in [3.63, 3.8) is 0 Å². The minimum atomic E-state index is -4.81. The van der Waals surface area contributed by atoms with Gasteiger partial charge in [-0.2, -0.15) is 0 Å². The fourth-order valence-electron chi connectivity index (χ4n) is 1.80. The first kappa shape index (κ1) is 15.3. The van der Waals surface area contributed by atoms with E-state index in [0.29, 0.717) is 0 Å². The fraction of sp³-hybridized carbons (Fsp3) is 0.0714. The van der Waals surface area contributed by atoms with E-state index in [1.165, 1.54) is 24.3 Å². The van der Waals surface area contributed by atoms with Crippen LogP contribution in [0.1, 0.15) is 10.4 Å². The lowest BCUT2D eigenvalue weighted by Gasteiger charge is -2.11. The highest BCUT2D eigenvalue weighted by molar-refractivity contribution is 6.68. The Hall–Kier alpha value is -2.08. The van der Waals surface area contributed by atoms with Crippen LogP contribution >= 0.6 is 11.6 Å². The molecule has 0 spiro atoms. The van der Waals surface area contributed by atoms with E-state index in [0.717, 1.165) is 18.2 Å². The molecule has 2 rings (SSSR count). The molecule has 2 nitrogen and oxygen atoms in total. The maximum Gasteiger partial charge on any atom is 0.573 e. The van der Waals surface area contributed by atoms with E-state index in [4.69, 9.17) is 11.6 Å². The average Bonchev–Trinajstić information content (AvgIpc) is 2.37. The van der Waals surface area contributed by atoms with Gasteiger partial charge in [0.1, 0.15) is 11.6 Å². The van der Waals surface area contributed by atoms with Gasteiger partial charge in [-0.15, -0.1) is 13.2 Å². The van der Waals surface area contributed by atoms with Crippen molar-refractivity contribution in [2.75, 3.05) is 0 Å². The van der Waals surface area contributed by atoms with Crippen LogP contribution in [0.3, 0.4) is 0 Å². The Labute approximate surface area is 121 Å². The van der Waals surface area contributed by atoms with E-state index in [1.54, 1.807) is 0 Å². The first-order valence-corrected chi connectivity index (χ1v) is 6.00. The highest BCUT2D eigenvalue weighted by Crippen LogP contribution is 2.30. The summed E-state index contributed by atoms with van der Waals surface area (Å²) in [6.45, 7) is 0. The van der Waals surface area contributed by atoms with Gasteiger partial charge in [-0.25, -0.2) is 4.39 Å². The largest absolute Gasteiger partial charge is 0.573 e. The van der Waals surface area contributed by atoms with Crippen molar-refractivity contribution < 1.29 is 27.1 Å². The molecule has 0 bridgehead atoms. The molecule has 0 aliphatic rings. The third kappa shape index (κ3) is 3.72. The van der Waals surface area contributed by atoms with Gasteiger partial charge >= 0.3 is 6.36 Å². The summed E-state index contributed by atoms with van der Waals surface area (Å²) >= 11 is 5.37. The molecule has 0 heterocycles. The molecule has 0 aliphatic carbocycles. The lowest BCUT2D eigenvalue weighted by Crippen LogP contribution is -2.16. The molecule has 7 heteroatoms. The van der Waals surface area contributed by atoms with Gasteiger partial charge in [-0.1, -0.05) is 18.2 Å². The normalized spacial score (nSPS) is 11.3. The molecule has 0 N–H and O–H groups in total. The summed E-state index contributed by atoms with van der Waals surface area (Å²) < 4.78 is 53.7. The van der Waals surface area contributed by atoms with Gasteiger partial charge in [0, 0.05) is 11.1 Å². The van der Waals surface area contributed by atoms with E-state index >= 15 is 0 Å². The van der Waals surface area contributed by atoms with E-state index in [1.807, 2.05) is 0 Å². The number of rotatable bonds is 3. The van der Waals surface area contributed by atoms with Gasteiger partial charge < -0.3 is 4.74 Å². The van der Waals surface area contributed by atoms with Crippen molar-refractivity contribution in [1.82, 2.24) is 0 Å². The summed E-state index contributed by atoms with van der Waals surface area (Å²) in [6, 6.07) is 8.24. The summed E-state index contributed by atoms with van der Waals surface area (Å²) in [5, 5.41) is -0.861. The van der Waals surface area contributed by atoms with Gasteiger partial charge in [0.05, 0.1) is 0 Å². The molecule has 0 aromatic heterocycles. The van der Waals surface area contributed by atoms with Crippen LogP contribution in [0.2, 0.25) is 0 Å². The van der Waals surface area contributed by atoms with Gasteiger partial charge in [0.15, 0.2) is 0 Å². The van der Waals surface area contributed by atoms with Crippen molar-refractivity contribution in [2.45, 2.75) is 6.36 Å². The number of hydrogen-bond acceptors (Lipinski definition) is 2. The molecule has 0 radical (unpaired) electrons. The molecule has 2 aromatic rings. The summed E-state index contributed by atoms with van der Waals surface area (Å²) in [5.74, 6) is -1.15. The molecule has 0 amide bonds. The van der Waals surface area contributed by atoms with Crippen LogP contribution in [0.4, 0.5) is 17.6 Å². The smallest absolute Gasteiger partial charge is 0.406 e. The molecular formula is C14H7ClF4O2. The topological polar surface area (TPSA) is 26.3 Å². The Morgan fingerprint density at radius 3 is 2.19 bits per heavy atom. The number of alkyl halides is 3. The number of benzene rings is 2. The van der Waals surface area contributed by atoms with E-state index in [9.17, 15) is 22.4 Å². The zero-order chi connectivity index (χ0) is 15.6. The molecule has 0 saturated carbocycles. The molecule has 21 heavy (non-hydrogen) atoms. The van der Waals surface area contributed by atoms with Crippen LogP contribution in [0, 0.1) is 5.82 Å². The molecule has 0 aliphatic heterocycles. The van der Waals surface area contributed by atoms with Crippen LogP contribution < -0.4 is 4.74 Å². The number of ether oxygens (including phenoxy) is 1. The molecular weight excluding hydrogens is 312 g/mol. The zero-order valence-electron chi connectivity index (χ0n) is 10.2. The third-order valence-corrected chi connectivity index (χ3v) is 2.81. The zero-order valence-corrected chi connectivity index (χ0v) is 11.0. The van der Waals surface area contributed by atoms with E-state index in [2.05, 4.69) is 4.74 Å². The lowest BCUT2D eigenvalue weighted by atomic mass is 9.99. The first-order chi connectivity index (χ1) is 9.78. The van der Waals surface area contributed by atoms with Gasteiger partial charge in [-0.3, -0.25) is 4.79 Å². The number of halogens is 5. The molecule has 0 atom stereocenters. The second-order valence-electron chi connectivity index (χ2n) is 4.01. The molecule has 2 aromatic carbocycles. The summed E-state index contributed by atoms with van der Waals surface area (Å²) in [5.41, 5.74) is 0.0730.